The number of aliphatic imine (C=N–C) groups is 1. The summed E-state index contributed by atoms with van der Waals surface area (Å²) in [4.78, 5) is 27.1. The zero-order valence-electron chi connectivity index (χ0n) is 13.4. The molecule has 0 atom stereocenters. The summed E-state index contributed by atoms with van der Waals surface area (Å²) in [6.45, 7) is 1.82. The number of halogens is 1. The van der Waals surface area contributed by atoms with Crippen molar-refractivity contribution in [2.75, 3.05) is 0 Å². The number of carbonyl (C=O) groups is 1. The van der Waals surface area contributed by atoms with Gasteiger partial charge >= 0.3 is 0 Å². The first-order valence-electron chi connectivity index (χ1n) is 7.37. The van der Waals surface area contributed by atoms with Crippen molar-refractivity contribution in [1.82, 2.24) is 5.32 Å². The van der Waals surface area contributed by atoms with Gasteiger partial charge in [-0.2, -0.15) is 0 Å². The van der Waals surface area contributed by atoms with Gasteiger partial charge in [0.05, 0.1) is 15.5 Å². The van der Waals surface area contributed by atoms with Gasteiger partial charge in [-0.1, -0.05) is 17.7 Å². The SMILES string of the molecule is Cc1c(Cl)cccc1N=C1NC(=O)/C(=C\c2cc([N+](=O)[O-])ccc2O)S1. The maximum Gasteiger partial charge on any atom is 0.270 e. The monoisotopic (exact) mass is 389 g/mol. The van der Waals surface area contributed by atoms with Gasteiger partial charge in [-0.3, -0.25) is 14.9 Å². The van der Waals surface area contributed by atoms with Crippen LogP contribution in [0, 0.1) is 17.0 Å². The minimum atomic E-state index is -0.571. The predicted molar refractivity (Wildman–Crippen MR) is 102 cm³/mol. The largest absolute Gasteiger partial charge is 0.507 e. The van der Waals surface area contributed by atoms with Crippen LogP contribution in [0.25, 0.3) is 6.08 Å². The molecule has 0 radical (unpaired) electrons. The van der Waals surface area contributed by atoms with E-state index in [-0.39, 0.29) is 21.9 Å². The van der Waals surface area contributed by atoms with Gasteiger partial charge in [0.15, 0.2) is 5.17 Å². The fourth-order valence-corrected chi connectivity index (χ4v) is 3.21. The molecule has 26 heavy (non-hydrogen) atoms. The van der Waals surface area contributed by atoms with Crippen molar-refractivity contribution in [1.29, 1.82) is 0 Å². The average molecular weight is 390 g/mol. The topological polar surface area (TPSA) is 105 Å². The number of non-ortho nitro benzene ring substituents is 1. The summed E-state index contributed by atoms with van der Waals surface area (Å²) >= 11 is 7.14. The molecule has 1 heterocycles. The van der Waals surface area contributed by atoms with E-state index in [1.807, 2.05) is 6.92 Å². The molecular weight excluding hydrogens is 378 g/mol. The Balaban J connectivity index is 1.92. The van der Waals surface area contributed by atoms with Crippen LogP contribution in [0.2, 0.25) is 5.02 Å². The molecule has 1 amide bonds. The zero-order chi connectivity index (χ0) is 18.8. The van der Waals surface area contributed by atoms with Gasteiger partial charge in [0.25, 0.3) is 11.6 Å². The number of thioether (sulfide) groups is 1. The van der Waals surface area contributed by atoms with Gasteiger partial charge in [-0.15, -0.1) is 0 Å². The lowest BCUT2D eigenvalue weighted by Crippen LogP contribution is -2.19. The lowest BCUT2D eigenvalue weighted by Gasteiger charge is -2.02. The maximum absolute atomic E-state index is 12.1. The molecule has 1 aliphatic heterocycles. The number of amides is 1. The third-order valence-electron chi connectivity index (χ3n) is 3.62. The van der Waals surface area contributed by atoms with E-state index in [1.165, 1.54) is 24.3 Å². The van der Waals surface area contributed by atoms with E-state index in [9.17, 15) is 20.0 Å². The Morgan fingerprint density at radius 3 is 2.85 bits per heavy atom. The Labute approximate surface area is 157 Å². The molecule has 0 saturated carbocycles. The highest BCUT2D eigenvalue weighted by Crippen LogP contribution is 2.33. The molecule has 0 aliphatic carbocycles. The number of amidine groups is 1. The minimum absolute atomic E-state index is 0.160. The number of hydrogen-bond donors (Lipinski definition) is 2. The summed E-state index contributed by atoms with van der Waals surface area (Å²) in [5.41, 5.74) is 1.41. The average Bonchev–Trinajstić information content (AvgIpc) is 2.93. The number of rotatable bonds is 3. The number of nitrogens with zero attached hydrogens (tertiary/aromatic N) is 2. The quantitative estimate of drug-likeness (QED) is 0.466. The highest BCUT2D eigenvalue weighted by Gasteiger charge is 2.25. The fraction of sp³-hybridized carbons (Fsp3) is 0.0588. The summed E-state index contributed by atoms with van der Waals surface area (Å²) in [6.07, 6.45) is 1.38. The Morgan fingerprint density at radius 2 is 2.12 bits per heavy atom. The lowest BCUT2D eigenvalue weighted by molar-refractivity contribution is -0.384. The summed E-state index contributed by atoms with van der Waals surface area (Å²) in [6, 6.07) is 8.88. The van der Waals surface area contributed by atoms with Crippen molar-refractivity contribution in [3.8, 4) is 5.75 Å². The summed E-state index contributed by atoms with van der Waals surface area (Å²) < 4.78 is 0. The highest BCUT2D eigenvalue weighted by atomic mass is 35.5. The summed E-state index contributed by atoms with van der Waals surface area (Å²) in [5.74, 6) is -0.563. The molecule has 1 aliphatic rings. The van der Waals surface area contributed by atoms with Crippen LogP contribution in [0.4, 0.5) is 11.4 Å². The van der Waals surface area contributed by atoms with Crippen LogP contribution in [-0.4, -0.2) is 21.1 Å². The van der Waals surface area contributed by atoms with Crippen molar-refractivity contribution in [2.45, 2.75) is 6.92 Å². The van der Waals surface area contributed by atoms with E-state index in [0.717, 1.165) is 17.3 Å². The lowest BCUT2D eigenvalue weighted by atomic mass is 10.1. The third kappa shape index (κ3) is 3.71. The fourth-order valence-electron chi connectivity index (χ4n) is 2.22. The molecule has 132 valence electrons. The number of benzene rings is 2. The number of carbonyl (C=O) groups excluding carboxylic acids is 1. The normalized spacial score (nSPS) is 16.9. The van der Waals surface area contributed by atoms with E-state index in [2.05, 4.69) is 10.3 Å². The number of hydrogen-bond acceptors (Lipinski definition) is 6. The number of phenolic OH excluding ortho intramolecular Hbond substituents is 1. The van der Waals surface area contributed by atoms with Crippen LogP contribution in [0.15, 0.2) is 46.3 Å². The standard InChI is InChI=1S/C17H12ClN3O4S/c1-9-12(18)3-2-4-13(9)19-17-20-16(23)15(26-17)8-10-7-11(21(24)25)5-6-14(10)22/h2-8,22H,1H3,(H,19,20,23)/b15-8+. The molecule has 0 unspecified atom stereocenters. The van der Waals surface area contributed by atoms with Gasteiger partial charge in [0, 0.05) is 22.7 Å². The van der Waals surface area contributed by atoms with E-state index in [0.29, 0.717) is 15.9 Å². The van der Waals surface area contributed by atoms with Gasteiger partial charge < -0.3 is 10.4 Å². The van der Waals surface area contributed by atoms with Crippen molar-refractivity contribution in [3.63, 3.8) is 0 Å². The zero-order valence-corrected chi connectivity index (χ0v) is 15.0. The Morgan fingerprint density at radius 1 is 1.35 bits per heavy atom. The molecule has 0 bridgehead atoms. The number of nitro groups is 1. The second kappa shape index (κ2) is 7.19. The Hall–Kier alpha value is -2.84. The van der Waals surface area contributed by atoms with Gasteiger partial charge in [-0.05, 0) is 48.5 Å². The molecule has 2 aromatic carbocycles. The molecule has 0 spiro atoms. The Bertz CT molecular complexity index is 988. The van der Waals surface area contributed by atoms with Crippen LogP contribution in [0.3, 0.4) is 0 Å². The molecule has 1 fully saturated rings. The summed E-state index contributed by atoms with van der Waals surface area (Å²) in [5, 5.41) is 24.3. The number of aromatic hydroxyl groups is 1. The van der Waals surface area contributed by atoms with Crippen molar-refractivity contribution >= 4 is 51.9 Å². The molecule has 7 nitrogen and oxygen atoms in total. The molecule has 3 rings (SSSR count). The second-order valence-corrected chi connectivity index (χ2v) is 6.80. The second-order valence-electron chi connectivity index (χ2n) is 5.37. The third-order valence-corrected chi connectivity index (χ3v) is 4.94. The van der Waals surface area contributed by atoms with E-state index in [4.69, 9.17) is 11.6 Å². The maximum atomic E-state index is 12.1. The van der Waals surface area contributed by atoms with Gasteiger partial charge in [-0.25, -0.2) is 4.99 Å². The number of phenols is 1. The molecular formula is C17H12ClN3O4S. The first kappa shape index (κ1) is 18.0. The minimum Gasteiger partial charge on any atom is -0.507 e. The van der Waals surface area contributed by atoms with Crippen LogP contribution in [0.5, 0.6) is 5.75 Å². The van der Waals surface area contributed by atoms with Crippen LogP contribution < -0.4 is 5.32 Å². The predicted octanol–water partition coefficient (Wildman–Crippen LogP) is 4.15. The van der Waals surface area contributed by atoms with Crippen molar-refractivity contribution < 1.29 is 14.8 Å². The Kier molecular flexibility index (Phi) is 4.97. The number of nitro benzene ring substituents is 1. The smallest absolute Gasteiger partial charge is 0.270 e. The van der Waals surface area contributed by atoms with Crippen LogP contribution in [-0.2, 0) is 4.79 Å². The van der Waals surface area contributed by atoms with Crippen molar-refractivity contribution in [2.24, 2.45) is 4.99 Å². The molecule has 2 aromatic rings. The van der Waals surface area contributed by atoms with Gasteiger partial charge in [0.2, 0.25) is 0 Å². The van der Waals surface area contributed by atoms with Crippen LogP contribution >= 0.6 is 23.4 Å². The summed E-state index contributed by atoms with van der Waals surface area (Å²) in [7, 11) is 0. The highest BCUT2D eigenvalue weighted by molar-refractivity contribution is 8.18. The molecule has 9 heteroatoms. The first-order valence-corrected chi connectivity index (χ1v) is 8.56. The van der Waals surface area contributed by atoms with E-state index >= 15 is 0 Å². The van der Waals surface area contributed by atoms with E-state index in [1.54, 1.807) is 18.2 Å². The van der Waals surface area contributed by atoms with Crippen LogP contribution in [0.1, 0.15) is 11.1 Å². The van der Waals surface area contributed by atoms with Crippen molar-refractivity contribution in [3.05, 3.63) is 67.6 Å². The molecule has 0 aromatic heterocycles. The molecule has 2 N–H and O–H groups in total. The molecule has 1 saturated heterocycles. The number of nitrogens with one attached hydrogen (secondary N) is 1. The first-order chi connectivity index (χ1) is 12.3. The van der Waals surface area contributed by atoms with Gasteiger partial charge in [0.1, 0.15) is 5.75 Å². The van der Waals surface area contributed by atoms with E-state index < -0.39 is 10.8 Å².